The zero-order chi connectivity index (χ0) is 9.84. The average molecular weight is 200 g/mol. The highest BCUT2D eigenvalue weighted by atomic mass is 35.5. The van der Waals surface area contributed by atoms with Crippen LogP contribution in [0.2, 0.25) is 0 Å². The van der Waals surface area contributed by atoms with E-state index in [1.807, 2.05) is 0 Å². The second kappa shape index (κ2) is 3.91. The Labute approximate surface area is 79.1 Å². The molecule has 4 nitrogen and oxygen atoms in total. The van der Waals surface area contributed by atoms with Gasteiger partial charge in [-0.2, -0.15) is 0 Å². The number of carbonyl (C=O) groups is 1. The van der Waals surface area contributed by atoms with Crippen LogP contribution in [0.15, 0.2) is 29.4 Å². The molecule has 0 saturated heterocycles. The van der Waals surface area contributed by atoms with Crippen molar-refractivity contribution >= 4 is 22.7 Å². The van der Waals surface area contributed by atoms with Crippen LogP contribution in [-0.2, 0) is 0 Å². The normalized spacial score (nSPS) is 11.3. The molecule has 0 aromatic heterocycles. The molecule has 0 spiro atoms. The van der Waals surface area contributed by atoms with Gasteiger partial charge in [-0.3, -0.25) is 0 Å². The molecule has 0 fully saturated rings. The Balaban J connectivity index is 3.00. The molecule has 0 aliphatic heterocycles. The van der Waals surface area contributed by atoms with Crippen LogP contribution < -0.4 is 0 Å². The molecule has 1 rings (SSSR count). The quantitative estimate of drug-likeness (QED) is 0.433. The van der Waals surface area contributed by atoms with Gasteiger partial charge >= 0.3 is 5.97 Å². The lowest BCUT2D eigenvalue weighted by molar-refractivity contribution is 0.0697. The Kier molecular flexibility index (Phi) is 2.87. The van der Waals surface area contributed by atoms with E-state index in [0.29, 0.717) is 5.56 Å². The van der Waals surface area contributed by atoms with Gasteiger partial charge in [0.05, 0.1) is 5.56 Å². The van der Waals surface area contributed by atoms with Gasteiger partial charge in [-0.15, -0.1) is 0 Å². The number of carboxylic acid groups (broad SMARTS) is 1. The highest BCUT2D eigenvalue weighted by Gasteiger charge is 2.03. The molecule has 68 valence electrons. The molecular formula is C8H6ClNO3. The van der Waals surface area contributed by atoms with Crippen molar-refractivity contribution in [3.63, 3.8) is 0 Å². The summed E-state index contributed by atoms with van der Waals surface area (Å²) in [7, 11) is 0. The van der Waals surface area contributed by atoms with Crippen LogP contribution in [0.4, 0.5) is 0 Å². The maximum absolute atomic E-state index is 10.4. The molecule has 0 saturated carbocycles. The number of oxime groups is 1. The summed E-state index contributed by atoms with van der Waals surface area (Å²) >= 11 is 5.48. The first-order chi connectivity index (χ1) is 6.15. The molecule has 0 bridgehead atoms. The molecule has 0 aliphatic carbocycles. The summed E-state index contributed by atoms with van der Waals surface area (Å²) in [6.45, 7) is 0. The molecule has 5 heteroatoms. The SMILES string of the molecule is O=C(O)c1ccc(/C(Cl)=N/O)cc1. The summed E-state index contributed by atoms with van der Waals surface area (Å²) < 4.78 is 0. The van der Waals surface area contributed by atoms with Crippen LogP contribution >= 0.6 is 11.6 Å². The minimum atomic E-state index is -1.01. The minimum absolute atomic E-state index is 0.0723. The van der Waals surface area contributed by atoms with E-state index in [4.69, 9.17) is 21.9 Å². The van der Waals surface area contributed by atoms with E-state index in [9.17, 15) is 4.79 Å². The number of hydrogen-bond donors (Lipinski definition) is 2. The fourth-order valence-corrected chi connectivity index (χ4v) is 0.934. The van der Waals surface area contributed by atoms with Gasteiger partial charge in [0.25, 0.3) is 0 Å². The third-order valence-electron chi connectivity index (χ3n) is 1.46. The highest BCUT2D eigenvalue weighted by Crippen LogP contribution is 2.07. The van der Waals surface area contributed by atoms with Crippen molar-refractivity contribution in [2.75, 3.05) is 0 Å². The van der Waals surface area contributed by atoms with Gasteiger partial charge in [-0.1, -0.05) is 28.9 Å². The van der Waals surface area contributed by atoms with Gasteiger partial charge < -0.3 is 10.3 Å². The lowest BCUT2D eigenvalue weighted by Crippen LogP contribution is -1.97. The zero-order valence-electron chi connectivity index (χ0n) is 6.44. The highest BCUT2D eigenvalue weighted by molar-refractivity contribution is 6.69. The molecule has 0 amide bonds. The summed E-state index contributed by atoms with van der Waals surface area (Å²) in [5.74, 6) is -1.01. The van der Waals surface area contributed by atoms with Crippen molar-refractivity contribution in [2.45, 2.75) is 0 Å². The summed E-state index contributed by atoms with van der Waals surface area (Å²) in [6.07, 6.45) is 0. The third-order valence-corrected chi connectivity index (χ3v) is 1.75. The van der Waals surface area contributed by atoms with E-state index in [0.717, 1.165) is 0 Å². The first-order valence-corrected chi connectivity index (χ1v) is 3.74. The summed E-state index contributed by atoms with van der Waals surface area (Å²) in [5, 5.41) is 19.6. The summed E-state index contributed by atoms with van der Waals surface area (Å²) in [5.41, 5.74) is 0.625. The molecule has 1 aromatic rings. The molecule has 0 aliphatic rings. The van der Waals surface area contributed by atoms with Crippen molar-refractivity contribution in [3.05, 3.63) is 35.4 Å². The summed E-state index contributed by atoms with van der Waals surface area (Å²) in [6, 6.07) is 5.69. The number of aromatic carboxylic acids is 1. The van der Waals surface area contributed by atoms with E-state index in [-0.39, 0.29) is 10.7 Å². The molecule has 0 radical (unpaired) electrons. The Hall–Kier alpha value is -1.55. The fourth-order valence-electron chi connectivity index (χ4n) is 0.808. The summed E-state index contributed by atoms with van der Waals surface area (Å²) in [4.78, 5) is 10.4. The first-order valence-electron chi connectivity index (χ1n) is 3.36. The number of hydrogen-bond acceptors (Lipinski definition) is 3. The molecule has 0 unspecified atom stereocenters. The van der Waals surface area contributed by atoms with Crippen molar-refractivity contribution in [3.8, 4) is 0 Å². The molecule has 0 heterocycles. The predicted octanol–water partition coefficient (Wildman–Crippen LogP) is 1.76. The van der Waals surface area contributed by atoms with Gasteiger partial charge in [0, 0.05) is 5.56 Å². The molecule has 1 aromatic carbocycles. The Morgan fingerprint density at radius 2 is 1.69 bits per heavy atom. The largest absolute Gasteiger partial charge is 0.478 e. The van der Waals surface area contributed by atoms with Gasteiger partial charge in [0.15, 0.2) is 5.17 Å². The van der Waals surface area contributed by atoms with Crippen LogP contribution in [-0.4, -0.2) is 21.5 Å². The number of carboxylic acids is 1. The average Bonchev–Trinajstić information content (AvgIpc) is 2.17. The number of halogens is 1. The van der Waals surface area contributed by atoms with Crippen molar-refractivity contribution in [1.29, 1.82) is 0 Å². The van der Waals surface area contributed by atoms with Crippen LogP contribution in [0.5, 0.6) is 0 Å². The topological polar surface area (TPSA) is 69.9 Å². The van der Waals surface area contributed by atoms with Crippen LogP contribution in [0, 0.1) is 0 Å². The third kappa shape index (κ3) is 2.19. The van der Waals surface area contributed by atoms with E-state index in [2.05, 4.69) is 5.16 Å². The smallest absolute Gasteiger partial charge is 0.335 e. The van der Waals surface area contributed by atoms with E-state index >= 15 is 0 Å². The number of rotatable bonds is 2. The number of benzene rings is 1. The van der Waals surface area contributed by atoms with Gasteiger partial charge in [0.2, 0.25) is 0 Å². The van der Waals surface area contributed by atoms with E-state index in [1.165, 1.54) is 24.3 Å². The Morgan fingerprint density at radius 1 is 1.23 bits per heavy atom. The van der Waals surface area contributed by atoms with Gasteiger partial charge in [0.1, 0.15) is 0 Å². The van der Waals surface area contributed by atoms with Crippen LogP contribution in [0.1, 0.15) is 15.9 Å². The molecule has 2 N–H and O–H groups in total. The van der Waals surface area contributed by atoms with E-state index in [1.54, 1.807) is 0 Å². The van der Waals surface area contributed by atoms with Crippen molar-refractivity contribution in [1.82, 2.24) is 0 Å². The van der Waals surface area contributed by atoms with Gasteiger partial charge in [-0.25, -0.2) is 4.79 Å². The monoisotopic (exact) mass is 199 g/mol. The Bertz CT molecular complexity index is 345. The van der Waals surface area contributed by atoms with E-state index < -0.39 is 5.97 Å². The lowest BCUT2D eigenvalue weighted by Gasteiger charge is -1.96. The lowest BCUT2D eigenvalue weighted by atomic mass is 10.1. The second-order valence-corrected chi connectivity index (χ2v) is 2.63. The molecular weight excluding hydrogens is 194 g/mol. The Morgan fingerprint density at radius 3 is 2.08 bits per heavy atom. The van der Waals surface area contributed by atoms with Crippen LogP contribution in [0.3, 0.4) is 0 Å². The number of nitrogens with zero attached hydrogens (tertiary/aromatic N) is 1. The standard InChI is InChI=1S/C8H6ClNO3/c9-7(10-13)5-1-3-6(4-2-5)8(11)12/h1-4,13H,(H,11,12)/b10-7-. The molecule has 13 heavy (non-hydrogen) atoms. The van der Waals surface area contributed by atoms with Crippen LogP contribution in [0.25, 0.3) is 0 Å². The fraction of sp³-hybridized carbons (Fsp3) is 0. The minimum Gasteiger partial charge on any atom is -0.478 e. The zero-order valence-corrected chi connectivity index (χ0v) is 7.19. The van der Waals surface area contributed by atoms with Crippen molar-refractivity contribution < 1.29 is 15.1 Å². The van der Waals surface area contributed by atoms with Gasteiger partial charge in [-0.05, 0) is 12.1 Å². The maximum Gasteiger partial charge on any atom is 0.335 e. The maximum atomic E-state index is 10.4. The second-order valence-electron chi connectivity index (χ2n) is 2.27. The molecule has 0 atom stereocenters. The predicted molar refractivity (Wildman–Crippen MR) is 47.6 cm³/mol. The van der Waals surface area contributed by atoms with Crippen molar-refractivity contribution in [2.24, 2.45) is 5.16 Å². The first kappa shape index (κ1) is 9.54.